The second-order valence-corrected chi connectivity index (χ2v) is 7.22. The van der Waals surface area contributed by atoms with E-state index >= 15 is 0 Å². The molecule has 1 aliphatic heterocycles. The molecule has 4 nitrogen and oxygen atoms in total. The fourth-order valence-corrected chi connectivity index (χ4v) is 3.50. The Kier molecular flexibility index (Phi) is 4.15. The van der Waals surface area contributed by atoms with Crippen LogP contribution in [0.25, 0.3) is 0 Å². The van der Waals surface area contributed by atoms with Crippen molar-refractivity contribution in [2.45, 2.75) is 32.2 Å². The molecule has 0 aliphatic carbocycles. The molecule has 2 aromatic rings. The van der Waals surface area contributed by atoms with Gasteiger partial charge >= 0.3 is 0 Å². The maximum Gasteiger partial charge on any atom is 0.228 e. The second-order valence-electron chi connectivity index (χ2n) is 6.37. The zero-order chi connectivity index (χ0) is 16.6. The van der Waals surface area contributed by atoms with Gasteiger partial charge in [0.15, 0.2) is 0 Å². The predicted octanol–water partition coefficient (Wildman–Crippen LogP) is 4.07. The van der Waals surface area contributed by atoms with E-state index in [-0.39, 0.29) is 11.3 Å². The Morgan fingerprint density at radius 2 is 2.13 bits per heavy atom. The second kappa shape index (κ2) is 5.96. The summed E-state index contributed by atoms with van der Waals surface area (Å²) in [5.41, 5.74) is 2.70. The summed E-state index contributed by atoms with van der Waals surface area (Å²) in [7, 11) is 1.63. The lowest BCUT2D eigenvalue weighted by atomic mass is 9.77. The van der Waals surface area contributed by atoms with Gasteiger partial charge in [0.25, 0.3) is 0 Å². The Bertz CT molecular complexity index is 744. The van der Waals surface area contributed by atoms with E-state index in [1.165, 1.54) is 0 Å². The highest BCUT2D eigenvalue weighted by molar-refractivity contribution is 9.10. The molecule has 0 atom stereocenters. The van der Waals surface area contributed by atoms with Crippen molar-refractivity contribution in [2.24, 2.45) is 0 Å². The lowest BCUT2D eigenvalue weighted by Crippen LogP contribution is -2.41. The summed E-state index contributed by atoms with van der Waals surface area (Å²) in [4.78, 5) is 18.9. The van der Waals surface area contributed by atoms with Crippen LogP contribution in [0.1, 0.15) is 31.5 Å². The van der Waals surface area contributed by atoms with Crippen molar-refractivity contribution in [2.75, 3.05) is 12.0 Å². The van der Waals surface area contributed by atoms with Gasteiger partial charge in [-0.2, -0.15) is 0 Å². The number of fused-ring (bicyclic) bond motifs is 1. The van der Waals surface area contributed by atoms with Crippen LogP contribution in [0.2, 0.25) is 0 Å². The average molecular weight is 375 g/mol. The van der Waals surface area contributed by atoms with E-state index in [4.69, 9.17) is 4.74 Å². The van der Waals surface area contributed by atoms with Crippen molar-refractivity contribution in [3.8, 4) is 5.75 Å². The molecule has 1 amide bonds. The number of aromatic nitrogens is 1. The summed E-state index contributed by atoms with van der Waals surface area (Å²) >= 11 is 3.55. The molecule has 0 fully saturated rings. The third-order valence-corrected chi connectivity index (χ3v) is 4.85. The molecular weight excluding hydrogens is 356 g/mol. The molecule has 120 valence electrons. The van der Waals surface area contributed by atoms with Crippen LogP contribution >= 0.6 is 15.9 Å². The molecule has 2 heterocycles. The molecule has 1 aromatic heterocycles. The van der Waals surface area contributed by atoms with Crippen LogP contribution in [-0.4, -0.2) is 18.0 Å². The van der Waals surface area contributed by atoms with Gasteiger partial charge in [-0.15, -0.1) is 0 Å². The molecule has 0 unspecified atom stereocenters. The van der Waals surface area contributed by atoms with Gasteiger partial charge in [-0.05, 0) is 39.7 Å². The van der Waals surface area contributed by atoms with Crippen LogP contribution in [0.5, 0.6) is 5.75 Å². The predicted molar refractivity (Wildman–Crippen MR) is 93.8 cm³/mol. The monoisotopic (exact) mass is 374 g/mol. The molecule has 0 saturated carbocycles. The summed E-state index contributed by atoms with van der Waals surface area (Å²) in [5.74, 6) is 0.831. The number of methoxy groups -OCH3 is 1. The van der Waals surface area contributed by atoms with E-state index in [0.29, 0.717) is 13.0 Å². The molecule has 0 radical (unpaired) electrons. The first-order valence-electron chi connectivity index (χ1n) is 7.50. The van der Waals surface area contributed by atoms with Crippen LogP contribution in [-0.2, 0) is 16.8 Å². The normalized spacial score (nSPS) is 16.2. The quantitative estimate of drug-likeness (QED) is 0.812. The molecular formula is C18H19BrN2O2. The highest BCUT2D eigenvalue weighted by Gasteiger charge is 2.37. The van der Waals surface area contributed by atoms with Crippen molar-refractivity contribution < 1.29 is 9.53 Å². The number of rotatable bonds is 3. The number of ether oxygens (including phenoxy) is 1. The third-order valence-electron chi connectivity index (χ3n) is 4.23. The summed E-state index contributed by atoms with van der Waals surface area (Å²) in [6, 6.07) is 9.73. The van der Waals surface area contributed by atoms with Gasteiger partial charge in [0, 0.05) is 24.1 Å². The van der Waals surface area contributed by atoms with Crippen molar-refractivity contribution in [1.82, 2.24) is 4.98 Å². The van der Waals surface area contributed by atoms with Crippen molar-refractivity contribution in [3.05, 3.63) is 52.3 Å². The lowest BCUT2D eigenvalue weighted by molar-refractivity contribution is -0.120. The number of hydrogen-bond acceptors (Lipinski definition) is 3. The minimum absolute atomic E-state index is 0.109. The van der Waals surface area contributed by atoms with Crippen LogP contribution in [0, 0.1) is 0 Å². The van der Waals surface area contributed by atoms with Crippen molar-refractivity contribution in [3.63, 3.8) is 0 Å². The van der Waals surface area contributed by atoms with E-state index in [0.717, 1.165) is 27.2 Å². The summed E-state index contributed by atoms with van der Waals surface area (Å²) in [6.07, 6.45) is 2.22. The SMILES string of the molecule is COc1cc2c(cc1Br)C(C)(C)CC(=O)N2Cc1ccccn1. The number of carbonyl (C=O) groups excluding carboxylic acids is 1. The highest BCUT2D eigenvalue weighted by Crippen LogP contribution is 2.45. The first kappa shape index (κ1) is 16.0. The Hall–Kier alpha value is -1.88. The molecule has 0 saturated heterocycles. The number of amides is 1. The number of carbonyl (C=O) groups is 1. The Labute approximate surface area is 144 Å². The average Bonchev–Trinajstić information content (AvgIpc) is 2.52. The summed E-state index contributed by atoms with van der Waals surface area (Å²) in [6.45, 7) is 4.66. The molecule has 3 rings (SSSR count). The van der Waals surface area contributed by atoms with Crippen molar-refractivity contribution >= 4 is 27.5 Å². The zero-order valence-corrected chi connectivity index (χ0v) is 15.1. The van der Waals surface area contributed by atoms with E-state index in [1.54, 1.807) is 18.2 Å². The Morgan fingerprint density at radius 1 is 1.35 bits per heavy atom. The van der Waals surface area contributed by atoms with Crippen LogP contribution in [0.4, 0.5) is 5.69 Å². The largest absolute Gasteiger partial charge is 0.495 e. The lowest BCUT2D eigenvalue weighted by Gasteiger charge is -2.39. The minimum atomic E-state index is -0.207. The summed E-state index contributed by atoms with van der Waals surface area (Å²) < 4.78 is 6.31. The zero-order valence-electron chi connectivity index (χ0n) is 13.5. The van der Waals surface area contributed by atoms with Gasteiger partial charge in [0.1, 0.15) is 5.75 Å². The molecule has 0 N–H and O–H groups in total. The van der Waals surface area contributed by atoms with Gasteiger partial charge in [0.05, 0.1) is 29.5 Å². The van der Waals surface area contributed by atoms with Gasteiger partial charge in [-0.1, -0.05) is 19.9 Å². The summed E-state index contributed by atoms with van der Waals surface area (Å²) in [5, 5.41) is 0. The fraction of sp³-hybridized carbons (Fsp3) is 0.333. The van der Waals surface area contributed by atoms with Gasteiger partial charge in [-0.3, -0.25) is 9.78 Å². The number of benzene rings is 1. The number of nitrogens with zero attached hydrogens (tertiary/aromatic N) is 2. The maximum atomic E-state index is 12.7. The highest BCUT2D eigenvalue weighted by atomic mass is 79.9. The van der Waals surface area contributed by atoms with E-state index in [2.05, 4.69) is 40.8 Å². The van der Waals surface area contributed by atoms with E-state index in [1.807, 2.05) is 24.3 Å². The number of hydrogen-bond donors (Lipinski definition) is 0. The van der Waals surface area contributed by atoms with Crippen LogP contribution in [0.15, 0.2) is 41.0 Å². The molecule has 0 spiro atoms. The smallest absolute Gasteiger partial charge is 0.228 e. The topological polar surface area (TPSA) is 42.4 Å². The molecule has 5 heteroatoms. The van der Waals surface area contributed by atoms with Gasteiger partial charge < -0.3 is 9.64 Å². The van der Waals surface area contributed by atoms with Crippen LogP contribution in [0.3, 0.4) is 0 Å². The first-order chi connectivity index (χ1) is 10.9. The number of halogens is 1. The van der Waals surface area contributed by atoms with Gasteiger partial charge in [0.2, 0.25) is 5.91 Å². The first-order valence-corrected chi connectivity index (χ1v) is 8.30. The van der Waals surface area contributed by atoms with E-state index in [9.17, 15) is 4.79 Å². The van der Waals surface area contributed by atoms with Crippen molar-refractivity contribution in [1.29, 1.82) is 0 Å². The van der Waals surface area contributed by atoms with Crippen LogP contribution < -0.4 is 9.64 Å². The number of pyridine rings is 1. The molecule has 0 bridgehead atoms. The molecule has 1 aromatic carbocycles. The number of anilines is 1. The molecule has 1 aliphatic rings. The fourth-order valence-electron chi connectivity index (χ4n) is 2.99. The standard InChI is InChI=1S/C18H19BrN2O2/c1-18(2)10-17(22)21(11-12-6-4-5-7-20-12)15-9-16(23-3)14(19)8-13(15)18/h4-9H,10-11H2,1-3H3. The Balaban J connectivity index is 2.10. The Morgan fingerprint density at radius 3 is 2.78 bits per heavy atom. The van der Waals surface area contributed by atoms with E-state index < -0.39 is 0 Å². The van der Waals surface area contributed by atoms with Gasteiger partial charge in [-0.25, -0.2) is 0 Å². The minimum Gasteiger partial charge on any atom is -0.495 e. The maximum absolute atomic E-state index is 12.7. The third kappa shape index (κ3) is 2.98. The molecule has 23 heavy (non-hydrogen) atoms.